The fraction of sp³-hybridized carbons (Fsp3) is 0. The van der Waals surface area contributed by atoms with Gasteiger partial charge in [0.1, 0.15) is 0 Å². The maximum Gasteiger partial charge on any atom is 0.385 e. The number of imidazole rings is 1. The van der Waals surface area contributed by atoms with Crippen LogP contribution in [-0.4, -0.2) is 14.2 Å². The van der Waals surface area contributed by atoms with Crippen molar-refractivity contribution in [3.63, 3.8) is 0 Å². The third-order valence-electron chi connectivity index (χ3n) is 3.02. The van der Waals surface area contributed by atoms with Crippen LogP contribution in [0.25, 0.3) is 22.5 Å². The molecule has 23 heavy (non-hydrogen) atoms. The maximum absolute atomic E-state index is 9.81. The van der Waals surface area contributed by atoms with E-state index < -0.39 is 11.6 Å². The Bertz CT molecular complexity index is 724. The summed E-state index contributed by atoms with van der Waals surface area (Å²) < 4.78 is 27.8. The standard InChI is InChI=1S/C15H14N4.F2OS/c16-12-5-1-10(2-6-12)14-15(19-9-18-14)11-3-7-13(17)8-4-11;1-4(2)3/h1-9H,16-17H2,(H,18,19);. The second kappa shape index (κ2) is 7.50. The zero-order chi connectivity index (χ0) is 16.8. The highest BCUT2D eigenvalue weighted by Gasteiger charge is 2.09. The molecule has 0 fully saturated rings. The number of hydrogen-bond acceptors (Lipinski definition) is 4. The summed E-state index contributed by atoms with van der Waals surface area (Å²) in [6.45, 7) is 0. The van der Waals surface area contributed by atoms with Crippen LogP contribution in [-0.2, 0) is 11.6 Å². The third-order valence-corrected chi connectivity index (χ3v) is 3.02. The Kier molecular flexibility index (Phi) is 5.42. The van der Waals surface area contributed by atoms with Crippen molar-refractivity contribution in [2.45, 2.75) is 0 Å². The van der Waals surface area contributed by atoms with Crippen LogP contribution in [0.3, 0.4) is 0 Å². The second-order valence-corrected chi connectivity index (χ2v) is 4.92. The molecule has 0 amide bonds. The van der Waals surface area contributed by atoms with Crippen LogP contribution in [0.15, 0.2) is 54.9 Å². The molecule has 2 aromatic carbocycles. The maximum atomic E-state index is 9.81. The number of nitrogen functional groups attached to an aromatic ring is 2. The van der Waals surface area contributed by atoms with E-state index in [-0.39, 0.29) is 0 Å². The molecule has 0 bridgehead atoms. The Morgan fingerprint density at radius 2 is 1.30 bits per heavy atom. The van der Waals surface area contributed by atoms with Crippen LogP contribution in [0.1, 0.15) is 0 Å². The monoisotopic (exact) mass is 336 g/mol. The third kappa shape index (κ3) is 4.62. The number of nitrogens with one attached hydrogen (secondary N) is 1. The van der Waals surface area contributed by atoms with Gasteiger partial charge >= 0.3 is 11.6 Å². The number of aromatic amines is 1. The summed E-state index contributed by atoms with van der Waals surface area (Å²) in [5.41, 5.74) is 16.9. The Hall–Kier alpha value is -2.74. The molecule has 0 aliphatic rings. The van der Waals surface area contributed by atoms with E-state index in [0.29, 0.717) is 0 Å². The molecule has 8 heteroatoms. The van der Waals surface area contributed by atoms with Gasteiger partial charge in [0.15, 0.2) is 0 Å². The van der Waals surface area contributed by atoms with Crippen LogP contribution in [0.5, 0.6) is 0 Å². The highest BCUT2D eigenvalue weighted by atomic mass is 32.2. The van der Waals surface area contributed by atoms with Gasteiger partial charge in [0.25, 0.3) is 0 Å². The van der Waals surface area contributed by atoms with Gasteiger partial charge in [-0.3, -0.25) is 0 Å². The molecule has 0 aliphatic carbocycles. The zero-order valence-electron chi connectivity index (χ0n) is 11.9. The second-order valence-electron chi connectivity index (χ2n) is 4.55. The lowest BCUT2D eigenvalue weighted by Gasteiger charge is -2.04. The minimum absolute atomic E-state index is 0.744. The summed E-state index contributed by atoms with van der Waals surface area (Å²) in [5, 5.41) is 0. The number of hydrogen-bond donors (Lipinski definition) is 3. The van der Waals surface area contributed by atoms with Crippen LogP contribution in [0.4, 0.5) is 19.1 Å². The van der Waals surface area contributed by atoms with Gasteiger partial charge in [-0.05, 0) is 24.3 Å². The zero-order valence-corrected chi connectivity index (χ0v) is 12.7. The van der Waals surface area contributed by atoms with E-state index in [4.69, 9.17) is 15.7 Å². The topological polar surface area (TPSA) is 97.8 Å². The number of rotatable bonds is 2. The van der Waals surface area contributed by atoms with Crippen molar-refractivity contribution >= 4 is 22.9 Å². The number of benzene rings is 2. The van der Waals surface area contributed by atoms with E-state index in [0.717, 1.165) is 33.9 Å². The van der Waals surface area contributed by atoms with E-state index in [1.807, 2.05) is 48.5 Å². The van der Waals surface area contributed by atoms with E-state index in [1.54, 1.807) is 6.33 Å². The Balaban J connectivity index is 0.000000433. The van der Waals surface area contributed by atoms with E-state index in [2.05, 4.69) is 9.97 Å². The van der Waals surface area contributed by atoms with Gasteiger partial charge in [0.05, 0.1) is 17.7 Å². The minimum atomic E-state index is -3.61. The molecule has 5 nitrogen and oxygen atoms in total. The first-order valence-electron chi connectivity index (χ1n) is 6.47. The first-order valence-corrected chi connectivity index (χ1v) is 7.42. The predicted molar refractivity (Wildman–Crippen MR) is 88.6 cm³/mol. The fourth-order valence-corrected chi connectivity index (χ4v) is 2.02. The van der Waals surface area contributed by atoms with Crippen molar-refractivity contribution in [1.29, 1.82) is 0 Å². The molecule has 0 aliphatic heterocycles. The van der Waals surface area contributed by atoms with E-state index in [9.17, 15) is 7.77 Å². The number of H-pyrrole nitrogens is 1. The number of nitrogens with zero attached hydrogens (tertiary/aromatic N) is 1. The van der Waals surface area contributed by atoms with Crippen LogP contribution >= 0.6 is 0 Å². The molecule has 0 saturated carbocycles. The molecule has 0 unspecified atom stereocenters. The van der Waals surface area contributed by atoms with Crippen molar-refractivity contribution in [3.8, 4) is 22.5 Å². The quantitative estimate of drug-likeness (QED) is 0.493. The molecule has 5 N–H and O–H groups in total. The average Bonchev–Trinajstić information content (AvgIpc) is 2.98. The highest BCUT2D eigenvalue weighted by Crippen LogP contribution is 2.29. The molecule has 1 heterocycles. The molecule has 120 valence electrons. The molecular weight excluding hydrogens is 322 g/mol. The van der Waals surface area contributed by atoms with Crippen LogP contribution in [0, 0.1) is 0 Å². The Morgan fingerprint density at radius 3 is 1.78 bits per heavy atom. The van der Waals surface area contributed by atoms with Gasteiger partial charge in [0.2, 0.25) is 0 Å². The number of halogens is 2. The van der Waals surface area contributed by atoms with E-state index in [1.165, 1.54) is 0 Å². The summed E-state index contributed by atoms with van der Waals surface area (Å²) in [7, 11) is 0. The molecule has 3 aromatic rings. The summed E-state index contributed by atoms with van der Waals surface area (Å²) >= 11 is -3.61. The molecule has 3 rings (SSSR count). The van der Waals surface area contributed by atoms with Gasteiger partial charge < -0.3 is 16.5 Å². The molecule has 0 saturated heterocycles. The molecule has 1 aromatic heterocycles. The summed E-state index contributed by atoms with van der Waals surface area (Å²) in [6, 6.07) is 15.4. The minimum Gasteiger partial charge on any atom is -0.399 e. The normalized spacial score (nSPS) is 10.2. The lowest BCUT2D eigenvalue weighted by molar-refractivity contribution is 0.602. The first-order chi connectivity index (χ1) is 11.0. The number of anilines is 2. The Labute approximate surface area is 134 Å². The van der Waals surface area contributed by atoms with Crippen molar-refractivity contribution in [1.82, 2.24) is 9.97 Å². The fourth-order valence-electron chi connectivity index (χ4n) is 2.02. The van der Waals surface area contributed by atoms with Crippen LogP contribution < -0.4 is 11.5 Å². The van der Waals surface area contributed by atoms with Crippen molar-refractivity contribution in [2.24, 2.45) is 0 Å². The van der Waals surface area contributed by atoms with Crippen molar-refractivity contribution < 1.29 is 12.0 Å². The van der Waals surface area contributed by atoms with Crippen molar-refractivity contribution in [3.05, 3.63) is 54.9 Å². The SMILES string of the molecule is Nc1ccc(-c2nc[nH]c2-c2ccc(N)cc2)cc1.O=S(F)F. The average molecular weight is 336 g/mol. The van der Waals surface area contributed by atoms with E-state index >= 15 is 0 Å². The molecule has 0 spiro atoms. The van der Waals surface area contributed by atoms with Crippen LogP contribution in [0.2, 0.25) is 0 Å². The number of aromatic nitrogens is 2. The summed E-state index contributed by atoms with van der Waals surface area (Å²) in [6.07, 6.45) is 1.69. The largest absolute Gasteiger partial charge is 0.399 e. The number of nitrogens with two attached hydrogens (primary N) is 2. The lowest BCUT2D eigenvalue weighted by Crippen LogP contribution is -1.88. The molecule has 0 atom stereocenters. The van der Waals surface area contributed by atoms with Gasteiger partial charge in [-0.15, -0.1) is 0 Å². The predicted octanol–water partition coefficient (Wildman–Crippen LogP) is 3.41. The molecular formula is C15H14F2N4OS. The van der Waals surface area contributed by atoms with Gasteiger partial charge in [-0.2, -0.15) is 4.21 Å². The lowest BCUT2D eigenvalue weighted by atomic mass is 10.0. The summed E-state index contributed by atoms with van der Waals surface area (Å²) in [4.78, 5) is 7.56. The van der Waals surface area contributed by atoms with Gasteiger partial charge in [-0.25, -0.2) is 4.98 Å². The van der Waals surface area contributed by atoms with Gasteiger partial charge in [-0.1, -0.05) is 32.0 Å². The van der Waals surface area contributed by atoms with Crippen molar-refractivity contribution in [2.75, 3.05) is 11.5 Å². The molecule has 0 radical (unpaired) electrons. The Morgan fingerprint density at radius 1 is 0.870 bits per heavy atom. The first kappa shape index (κ1) is 16.6. The summed E-state index contributed by atoms with van der Waals surface area (Å²) in [5.74, 6) is 0. The van der Waals surface area contributed by atoms with Gasteiger partial charge in [0, 0.05) is 22.5 Å². The highest BCUT2D eigenvalue weighted by molar-refractivity contribution is 7.74. The smallest absolute Gasteiger partial charge is 0.385 e.